The Hall–Kier alpha value is -1.32. The van der Waals surface area contributed by atoms with Gasteiger partial charge >= 0.3 is 5.97 Å². The van der Waals surface area contributed by atoms with E-state index in [0.717, 1.165) is 17.9 Å². The molecule has 72 valence electrons. The van der Waals surface area contributed by atoms with E-state index in [1.54, 1.807) is 0 Å². The lowest BCUT2D eigenvalue weighted by molar-refractivity contribution is -0.137. The molecule has 1 heterocycles. The molecule has 13 heavy (non-hydrogen) atoms. The Bertz CT molecular complexity index is 304. The van der Waals surface area contributed by atoms with Crippen molar-refractivity contribution >= 4 is 5.97 Å². The van der Waals surface area contributed by atoms with E-state index in [1.165, 1.54) is 0 Å². The smallest absolute Gasteiger partial charge is 0.303 e. The molecule has 1 rings (SSSR count). The number of oxazole rings is 1. The first-order chi connectivity index (χ1) is 6.13. The predicted octanol–water partition coefficient (Wildman–Crippen LogP) is 1.56. The van der Waals surface area contributed by atoms with E-state index in [-0.39, 0.29) is 6.42 Å². The number of hydrogen-bond acceptors (Lipinski definition) is 3. The van der Waals surface area contributed by atoms with Gasteiger partial charge in [0.25, 0.3) is 0 Å². The fourth-order valence-corrected chi connectivity index (χ4v) is 1.14. The highest BCUT2D eigenvalue weighted by molar-refractivity contribution is 5.66. The largest absolute Gasteiger partial charge is 0.481 e. The lowest BCUT2D eigenvalue weighted by atomic mass is 10.3. The van der Waals surface area contributed by atoms with Crippen molar-refractivity contribution in [1.82, 2.24) is 4.98 Å². The van der Waals surface area contributed by atoms with Crippen LogP contribution in [0.25, 0.3) is 0 Å². The summed E-state index contributed by atoms with van der Waals surface area (Å²) in [4.78, 5) is 14.4. The average Bonchev–Trinajstić information content (AvgIpc) is 2.43. The van der Waals surface area contributed by atoms with Gasteiger partial charge in [0.05, 0.1) is 12.1 Å². The Morgan fingerprint density at radius 1 is 1.62 bits per heavy atom. The van der Waals surface area contributed by atoms with Crippen molar-refractivity contribution in [3.05, 3.63) is 17.3 Å². The number of carbonyl (C=O) groups is 1. The molecule has 0 saturated carbocycles. The lowest BCUT2D eigenvalue weighted by Gasteiger charge is -1.90. The number of aryl methyl sites for hydroxylation is 3. The first kappa shape index (κ1) is 9.77. The molecule has 0 aliphatic carbocycles. The number of carboxylic acids is 1. The van der Waals surface area contributed by atoms with E-state index < -0.39 is 5.97 Å². The summed E-state index contributed by atoms with van der Waals surface area (Å²) in [5.74, 6) is 0.547. The van der Waals surface area contributed by atoms with Gasteiger partial charge in [-0.15, -0.1) is 0 Å². The summed E-state index contributed by atoms with van der Waals surface area (Å²) < 4.78 is 5.34. The molecule has 0 spiro atoms. The van der Waals surface area contributed by atoms with Crippen LogP contribution in [0.15, 0.2) is 4.42 Å². The summed E-state index contributed by atoms with van der Waals surface area (Å²) in [6, 6.07) is 0. The van der Waals surface area contributed by atoms with Crippen LogP contribution in [0, 0.1) is 6.92 Å². The summed E-state index contributed by atoms with van der Waals surface area (Å²) in [7, 11) is 0. The first-order valence-corrected chi connectivity index (χ1v) is 4.30. The highest BCUT2D eigenvalue weighted by atomic mass is 16.4. The molecule has 0 amide bonds. The van der Waals surface area contributed by atoms with Gasteiger partial charge in [-0.05, 0) is 6.92 Å². The lowest BCUT2D eigenvalue weighted by Crippen LogP contribution is -1.97. The van der Waals surface area contributed by atoms with Gasteiger partial charge in [-0.1, -0.05) is 6.92 Å². The molecule has 0 bridgehead atoms. The van der Waals surface area contributed by atoms with Crippen LogP contribution in [0.3, 0.4) is 0 Å². The summed E-state index contributed by atoms with van der Waals surface area (Å²) in [6.45, 7) is 3.85. The van der Waals surface area contributed by atoms with Crippen molar-refractivity contribution in [1.29, 1.82) is 0 Å². The molecule has 0 aromatic carbocycles. The van der Waals surface area contributed by atoms with E-state index in [1.807, 2.05) is 13.8 Å². The van der Waals surface area contributed by atoms with Crippen LogP contribution in [0.1, 0.15) is 30.7 Å². The van der Waals surface area contributed by atoms with Gasteiger partial charge in [0.2, 0.25) is 0 Å². The summed E-state index contributed by atoms with van der Waals surface area (Å²) in [5.41, 5.74) is 0.864. The summed E-state index contributed by atoms with van der Waals surface area (Å²) in [6.07, 6.45) is 1.24. The zero-order valence-electron chi connectivity index (χ0n) is 7.83. The molecule has 1 aromatic heterocycles. The third-order valence-electron chi connectivity index (χ3n) is 1.81. The van der Waals surface area contributed by atoms with Gasteiger partial charge in [-0.3, -0.25) is 4.79 Å². The minimum atomic E-state index is -0.825. The van der Waals surface area contributed by atoms with Crippen LogP contribution in [-0.4, -0.2) is 16.1 Å². The molecule has 0 radical (unpaired) electrons. The monoisotopic (exact) mass is 183 g/mol. The fourth-order valence-electron chi connectivity index (χ4n) is 1.14. The van der Waals surface area contributed by atoms with Crippen LogP contribution in [-0.2, 0) is 17.6 Å². The normalized spacial score (nSPS) is 10.3. The molecular weight excluding hydrogens is 170 g/mol. The molecule has 1 N–H and O–H groups in total. The molecule has 4 heteroatoms. The minimum absolute atomic E-state index is 0.0725. The molecule has 0 aliphatic rings. The molecule has 0 fully saturated rings. The van der Waals surface area contributed by atoms with E-state index >= 15 is 0 Å². The van der Waals surface area contributed by atoms with Crippen LogP contribution >= 0.6 is 0 Å². The zero-order chi connectivity index (χ0) is 9.84. The van der Waals surface area contributed by atoms with Crippen molar-refractivity contribution in [3.63, 3.8) is 0 Å². The summed E-state index contributed by atoms with van der Waals surface area (Å²) in [5, 5.41) is 8.44. The van der Waals surface area contributed by atoms with Gasteiger partial charge in [0.15, 0.2) is 5.89 Å². The highest BCUT2D eigenvalue weighted by Gasteiger charge is 2.08. The van der Waals surface area contributed by atoms with Gasteiger partial charge in [-0.2, -0.15) is 0 Å². The minimum Gasteiger partial charge on any atom is -0.481 e. The van der Waals surface area contributed by atoms with Crippen LogP contribution in [0.4, 0.5) is 0 Å². The fraction of sp³-hybridized carbons (Fsp3) is 0.556. The third-order valence-corrected chi connectivity index (χ3v) is 1.81. The molecule has 1 aromatic rings. The number of rotatable bonds is 4. The van der Waals surface area contributed by atoms with Gasteiger partial charge in [0, 0.05) is 12.8 Å². The van der Waals surface area contributed by atoms with Crippen molar-refractivity contribution in [3.8, 4) is 0 Å². The second-order valence-electron chi connectivity index (χ2n) is 2.86. The summed E-state index contributed by atoms with van der Waals surface area (Å²) >= 11 is 0. The van der Waals surface area contributed by atoms with Gasteiger partial charge in [0.1, 0.15) is 5.76 Å². The van der Waals surface area contributed by atoms with Crippen LogP contribution in [0.2, 0.25) is 0 Å². The second-order valence-corrected chi connectivity index (χ2v) is 2.86. The van der Waals surface area contributed by atoms with E-state index in [2.05, 4.69) is 4.98 Å². The first-order valence-electron chi connectivity index (χ1n) is 4.30. The molecule has 0 unspecified atom stereocenters. The Morgan fingerprint density at radius 2 is 2.31 bits per heavy atom. The Kier molecular flexibility index (Phi) is 3.06. The van der Waals surface area contributed by atoms with Gasteiger partial charge < -0.3 is 9.52 Å². The second kappa shape index (κ2) is 4.07. The standard InChI is InChI=1S/C9H13NO3/c1-3-7-6(2)10-8(13-7)4-5-9(11)12/h3-5H2,1-2H3,(H,11,12). The Balaban J connectivity index is 2.62. The maximum Gasteiger partial charge on any atom is 0.303 e. The number of hydrogen-bond donors (Lipinski definition) is 1. The van der Waals surface area contributed by atoms with Crippen LogP contribution < -0.4 is 0 Å². The van der Waals surface area contributed by atoms with Crippen LogP contribution in [0.5, 0.6) is 0 Å². The van der Waals surface area contributed by atoms with E-state index in [9.17, 15) is 4.79 Å². The highest BCUT2D eigenvalue weighted by Crippen LogP contribution is 2.11. The van der Waals surface area contributed by atoms with Crippen molar-refractivity contribution < 1.29 is 14.3 Å². The average molecular weight is 183 g/mol. The van der Waals surface area contributed by atoms with Crippen molar-refractivity contribution in [2.45, 2.75) is 33.1 Å². The molecule has 0 saturated heterocycles. The van der Waals surface area contributed by atoms with Crippen molar-refractivity contribution in [2.24, 2.45) is 0 Å². The number of aliphatic carboxylic acids is 1. The quantitative estimate of drug-likeness (QED) is 0.769. The number of aromatic nitrogens is 1. The Morgan fingerprint density at radius 3 is 2.77 bits per heavy atom. The third kappa shape index (κ3) is 2.57. The predicted molar refractivity (Wildman–Crippen MR) is 46.6 cm³/mol. The zero-order valence-corrected chi connectivity index (χ0v) is 7.83. The SMILES string of the molecule is CCc1oc(CCC(=O)O)nc1C. The molecule has 4 nitrogen and oxygen atoms in total. The molecular formula is C9H13NO3. The molecule has 0 atom stereocenters. The maximum absolute atomic E-state index is 10.3. The Labute approximate surface area is 76.6 Å². The maximum atomic E-state index is 10.3. The van der Waals surface area contributed by atoms with Gasteiger partial charge in [-0.25, -0.2) is 4.98 Å². The topological polar surface area (TPSA) is 63.3 Å². The van der Waals surface area contributed by atoms with Crippen molar-refractivity contribution in [2.75, 3.05) is 0 Å². The van der Waals surface area contributed by atoms with E-state index in [4.69, 9.17) is 9.52 Å². The number of carboxylic acid groups (broad SMARTS) is 1. The van der Waals surface area contributed by atoms with E-state index in [0.29, 0.717) is 12.3 Å². The number of nitrogens with zero attached hydrogens (tertiary/aromatic N) is 1. The molecule has 0 aliphatic heterocycles.